The Balaban J connectivity index is 1.58. The number of piperazine rings is 1. The van der Waals surface area contributed by atoms with Crippen LogP contribution < -0.4 is 9.64 Å². The van der Waals surface area contributed by atoms with Crippen LogP contribution in [-0.2, 0) is 4.79 Å². The summed E-state index contributed by atoms with van der Waals surface area (Å²) in [7, 11) is 0. The minimum atomic E-state index is -0.464. The highest BCUT2D eigenvalue weighted by Gasteiger charge is 2.28. The van der Waals surface area contributed by atoms with Gasteiger partial charge in [-0.15, -0.1) is 0 Å². The summed E-state index contributed by atoms with van der Waals surface area (Å²) in [6.45, 7) is 6.72. The third kappa shape index (κ3) is 4.34. The van der Waals surface area contributed by atoms with Gasteiger partial charge in [0.15, 0.2) is 6.10 Å². The zero-order valence-electron chi connectivity index (χ0n) is 15.3. The van der Waals surface area contributed by atoms with Gasteiger partial charge in [0.05, 0.1) is 0 Å². The van der Waals surface area contributed by atoms with Crippen molar-refractivity contribution >= 4 is 11.6 Å². The number of benzene rings is 2. The molecule has 0 bridgehead atoms. The second kappa shape index (κ2) is 8.21. The summed E-state index contributed by atoms with van der Waals surface area (Å²) in [5.41, 5.74) is 2.10. The maximum atomic E-state index is 13.1. The second-order valence-corrected chi connectivity index (χ2v) is 6.62. The van der Waals surface area contributed by atoms with Crippen molar-refractivity contribution in [1.29, 1.82) is 0 Å². The smallest absolute Gasteiger partial charge is 0.263 e. The van der Waals surface area contributed by atoms with Crippen LogP contribution in [0.4, 0.5) is 10.1 Å². The van der Waals surface area contributed by atoms with Gasteiger partial charge in [-0.3, -0.25) is 4.79 Å². The summed E-state index contributed by atoms with van der Waals surface area (Å²) in [6, 6.07) is 14.3. The van der Waals surface area contributed by atoms with Gasteiger partial charge in [-0.1, -0.05) is 19.1 Å². The minimum absolute atomic E-state index is 0.0350. The van der Waals surface area contributed by atoms with Crippen LogP contribution in [0.15, 0.2) is 48.5 Å². The molecule has 1 atom stereocenters. The molecule has 2 aromatic carbocycles. The summed E-state index contributed by atoms with van der Waals surface area (Å²) in [6.07, 6.45) is 0.166. The predicted octanol–water partition coefficient (Wildman–Crippen LogP) is 3.64. The first kappa shape index (κ1) is 18.2. The topological polar surface area (TPSA) is 32.8 Å². The molecule has 1 saturated heterocycles. The Bertz CT molecular complexity index is 740. The van der Waals surface area contributed by atoms with Crippen molar-refractivity contribution < 1.29 is 13.9 Å². The number of halogens is 1. The number of amides is 1. The van der Waals surface area contributed by atoms with Gasteiger partial charge in [0.25, 0.3) is 5.91 Å². The van der Waals surface area contributed by atoms with Crippen molar-refractivity contribution in [2.75, 3.05) is 31.1 Å². The first-order chi connectivity index (χ1) is 12.6. The molecule has 138 valence electrons. The van der Waals surface area contributed by atoms with E-state index in [0.29, 0.717) is 19.5 Å². The van der Waals surface area contributed by atoms with Crippen LogP contribution in [0.1, 0.15) is 18.9 Å². The van der Waals surface area contributed by atoms with E-state index in [1.54, 1.807) is 12.1 Å². The van der Waals surface area contributed by atoms with E-state index in [4.69, 9.17) is 4.74 Å². The molecule has 3 rings (SSSR count). The molecular weight excluding hydrogens is 331 g/mol. The summed E-state index contributed by atoms with van der Waals surface area (Å²) < 4.78 is 19.0. The van der Waals surface area contributed by atoms with Crippen molar-refractivity contribution in [1.82, 2.24) is 4.90 Å². The molecule has 1 fully saturated rings. The Morgan fingerprint density at radius 2 is 1.81 bits per heavy atom. The molecule has 5 heteroatoms. The van der Waals surface area contributed by atoms with Crippen LogP contribution in [0, 0.1) is 12.7 Å². The molecule has 0 aliphatic carbocycles. The van der Waals surface area contributed by atoms with Gasteiger partial charge in [-0.25, -0.2) is 4.39 Å². The summed E-state index contributed by atoms with van der Waals surface area (Å²) in [5.74, 6) is 0.532. The van der Waals surface area contributed by atoms with Crippen LogP contribution in [0.25, 0.3) is 0 Å². The molecular formula is C21H25FN2O2. The number of rotatable bonds is 5. The Hall–Kier alpha value is -2.56. The Labute approximate surface area is 154 Å². The van der Waals surface area contributed by atoms with E-state index < -0.39 is 6.10 Å². The van der Waals surface area contributed by atoms with E-state index in [1.807, 2.05) is 43.0 Å². The van der Waals surface area contributed by atoms with E-state index in [2.05, 4.69) is 4.90 Å². The van der Waals surface area contributed by atoms with Crippen molar-refractivity contribution in [3.63, 3.8) is 0 Å². The fraction of sp³-hybridized carbons (Fsp3) is 0.381. The average Bonchev–Trinajstić information content (AvgIpc) is 2.66. The van der Waals surface area contributed by atoms with Gasteiger partial charge in [0, 0.05) is 31.9 Å². The Morgan fingerprint density at radius 3 is 2.42 bits per heavy atom. The zero-order chi connectivity index (χ0) is 18.5. The van der Waals surface area contributed by atoms with Gasteiger partial charge < -0.3 is 14.5 Å². The average molecular weight is 356 g/mol. The third-order valence-electron chi connectivity index (χ3n) is 4.70. The number of nitrogens with zero attached hydrogens (tertiary/aromatic N) is 2. The lowest BCUT2D eigenvalue weighted by Gasteiger charge is -2.37. The highest BCUT2D eigenvalue weighted by molar-refractivity contribution is 5.81. The maximum Gasteiger partial charge on any atom is 0.263 e. The van der Waals surface area contributed by atoms with Crippen LogP contribution in [0.5, 0.6) is 5.75 Å². The van der Waals surface area contributed by atoms with Crippen LogP contribution in [0.3, 0.4) is 0 Å². The number of hydrogen-bond donors (Lipinski definition) is 0. The monoisotopic (exact) mass is 356 g/mol. The van der Waals surface area contributed by atoms with Gasteiger partial charge in [0.2, 0.25) is 0 Å². The van der Waals surface area contributed by atoms with Crippen molar-refractivity contribution in [2.24, 2.45) is 0 Å². The Morgan fingerprint density at radius 1 is 1.12 bits per heavy atom. The molecule has 26 heavy (non-hydrogen) atoms. The van der Waals surface area contributed by atoms with Gasteiger partial charge in [0.1, 0.15) is 11.6 Å². The second-order valence-electron chi connectivity index (χ2n) is 6.62. The molecule has 0 spiro atoms. The predicted molar refractivity (Wildman–Crippen MR) is 101 cm³/mol. The van der Waals surface area contributed by atoms with E-state index in [1.165, 1.54) is 12.1 Å². The van der Waals surface area contributed by atoms with Crippen LogP contribution in [0.2, 0.25) is 0 Å². The number of ether oxygens (including phenoxy) is 1. The lowest BCUT2D eigenvalue weighted by molar-refractivity contribution is -0.139. The first-order valence-corrected chi connectivity index (χ1v) is 9.09. The van der Waals surface area contributed by atoms with Crippen LogP contribution >= 0.6 is 0 Å². The number of hydrogen-bond acceptors (Lipinski definition) is 3. The molecule has 4 nitrogen and oxygen atoms in total. The molecule has 1 amide bonds. The lowest BCUT2D eigenvalue weighted by atomic mass is 10.2. The molecule has 0 aromatic heterocycles. The van der Waals surface area contributed by atoms with E-state index >= 15 is 0 Å². The zero-order valence-corrected chi connectivity index (χ0v) is 15.3. The fourth-order valence-electron chi connectivity index (χ4n) is 3.20. The molecule has 1 aliphatic rings. The van der Waals surface area contributed by atoms with Crippen molar-refractivity contribution in [2.45, 2.75) is 26.4 Å². The highest BCUT2D eigenvalue weighted by atomic mass is 19.1. The third-order valence-corrected chi connectivity index (χ3v) is 4.70. The van der Waals surface area contributed by atoms with Crippen molar-refractivity contribution in [3.05, 3.63) is 59.9 Å². The van der Waals surface area contributed by atoms with E-state index in [9.17, 15) is 9.18 Å². The van der Waals surface area contributed by atoms with Gasteiger partial charge in [-0.2, -0.15) is 0 Å². The highest BCUT2D eigenvalue weighted by Crippen LogP contribution is 2.19. The molecule has 0 saturated carbocycles. The van der Waals surface area contributed by atoms with Crippen molar-refractivity contribution in [3.8, 4) is 5.75 Å². The standard InChI is InChI=1S/C21H25FN2O2/c1-3-20(26-19-6-4-5-16(2)15-19)21(25)24-13-11-23(12-14-24)18-9-7-17(22)8-10-18/h4-10,15,20H,3,11-14H2,1-2H3. The number of aryl methyl sites for hydroxylation is 1. The summed E-state index contributed by atoms with van der Waals surface area (Å²) in [4.78, 5) is 16.9. The molecule has 1 heterocycles. The number of carbonyl (C=O) groups excluding carboxylic acids is 1. The van der Waals surface area contributed by atoms with Crippen LogP contribution in [-0.4, -0.2) is 43.1 Å². The molecule has 0 radical (unpaired) electrons. The lowest BCUT2D eigenvalue weighted by Crippen LogP contribution is -2.52. The first-order valence-electron chi connectivity index (χ1n) is 9.09. The number of carbonyl (C=O) groups is 1. The van der Waals surface area contributed by atoms with Gasteiger partial charge in [-0.05, 0) is 55.3 Å². The summed E-state index contributed by atoms with van der Waals surface area (Å²) >= 11 is 0. The molecule has 0 N–H and O–H groups in total. The quantitative estimate of drug-likeness (QED) is 0.820. The van der Waals surface area contributed by atoms with E-state index in [0.717, 1.165) is 30.1 Å². The maximum absolute atomic E-state index is 13.1. The summed E-state index contributed by atoms with van der Waals surface area (Å²) in [5, 5.41) is 0. The largest absolute Gasteiger partial charge is 0.481 e. The molecule has 1 unspecified atom stereocenters. The molecule has 1 aliphatic heterocycles. The van der Waals surface area contributed by atoms with Gasteiger partial charge >= 0.3 is 0 Å². The van der Waals surface area contributed by atoms with E-state index in [-0.39, 0.29) is 11.7 Å². The SMILES string of the molecule is CCC(Oc1cccc(C)c1)C(=O)N1CCN(c2ccc(F)cc2)CC1. The minimum Gasteiger partial charge on any atom is -0.481 e. The fourth-order valence-corrected chi connectivity index (χ4v) is 3.20. The Kier molecular flexibility index (Phi) is 5.76. The number of anilines is 1. The molecule has 2 aromatic rings. The normalized spacial score (nSPS) is 15.7.